The molecule has 0 saturated carbocycles. The van der Waals surface area contributed by atoms with Crippen molar-refractivity contribution >= 4 is 17.8 Å². The van der Waals surface area contributed by atoms with Crippen molar-refractivity contribution in [3.05, 3.63) is 76.8 Å². The average Bonchev–Trinajstić information content (AvgIpc) is 3.17. The number of rotatable bonds is 6. The van der Waals surface area contributed by atoms with Gasteiger partial charge in [0.05, 0.1) is 29.4 Å². The minimum Gasteiger partial charge on any atom is -0.350 e. The molecule has 0 saturated heterocycles. The maximum absolute atomic E-state index is 13.8. The summed E-state index contributed by atoms with van der Waals surface area (Å²) >= 11 is 0. The van der Waals surface area contributed by atoms with Gasteiger partial charge in [0.1, 0.15) is 6.04 Å². The molecule has 2 aliphatic heterocycles. The van der Waals surface area contributed by atoms with Crippen LogP contribution in [0.25, 0.3) is 0 Å². The van der Waals surface area contributed by atoms with Crippen molar-refractivity contribution in [3.63, 3.8) is 0 Å². The van der Waals surface area contributed by atoms with E-state index < -0.39 is 41.7 Å². The molecule has 8 nitrogen and oxygen atoms in total. The Morgan fingerprint density at radius 1 is 1.19 bits per heavy atom. The molecule has 11 heteroatoms. The van der Waals surface area contributed by atoms with Gasteiger partial charge >= 0.3 is 12.2 Å². The lowest BCUT2D eigenvalue weighted by molar-refractivity contribution is -0.139. The van der Waals surface area contributed by atoms with Crippen LogP contribution in [0.2, 0.25) is 0 Å². The van der Waals surface area contributed by atoms with Gasteiger partial charge in [-0.3, -0.25) is 19.5 Å². The predicted octanol–water partition coefficient (Wildman–Crippen LogP) is 3.23. The van der Waals surface area contributed by atoms with Crippen molar-refractivity contribution in [2.45, 2.75) is 38.7 Å². The molecule has 0 radical (unpaired) electrons. The van der Waals surface area contributed by atoms with E-state index >= 15 is 0 Å². The summed E-state index contributed by atoms with van der Waals surface area (Å²) in [4.78, 5) is 46.1. The van der Waals surface area contributed by atoms with Crippen molar-refractivity contribution in [2.75, 3.05) is 13.6 Å². The predicted molar refractivity (Wildman–Crippen MR) is 124 cm³/mol. The first-order valence-corrected chi connectivity index (χ1v) is 11.4. The molecule has 0 fully saturated rings. The van der Waals surface area contributed by atoms with Crippen LogP contribution in [-0.4, -0.2) is 52.3 Å². The summed E-state index contributed by atoms with van der Waals surface area (Å²) in [5.41, 5.74) is -0.0864. The molecule has 0 bridgehead atoms. The van der Waals surface area contributed by atoms with Crippen molar-refractivity contribution in [3.8, 4) is 0 Å². The number of carbonyl (C=O) groups excluding carboxylic acids is 3. The molecule has 2 N–H and O–H groups in total. The van der Waals surface area contributed by atoms with Gasteiger partial charge in [0, 0.05) is 26.0 Å². The first-order valence-electron chi connectivity index (χ1n) is 11.4. The number of alkyl halides is 3. The quantitative estimate of drug-likeness (QED) is 0.636. The summed E-state index contributed by atoms with van der Waals surface area (Å²) in [5, 5.41) is 5.35. The topological polar surface area (TPSA) is 94.6 Å². The van der Waals surface area contributed by atoms with Gasteiger partial charge in [-0.2, -0.15) is 13.2 Å². The molecule has 36 heavy (non-hydrogen) atoms. The standard InChI is InChI=1S/C25H26F3N5O3/c1-14(2)21(22(34)30-12-15-7-6-10-29-11-15)33-13-18-19(23(33)35)20(31-24(36)32(18)3)16-8-4-5-9-17(16)25(26,27)28/h4-11,14,20-21H,12-13H2,1-3H3,(H,30,34)(H,31,36). The highest BCUT2D eigenvalue weighted by atomic mass is 19.4. The summed E-state index contributed by atoms with van der Waals surface area (Å²) in [6.07, 6.45) is -1.46. The van der Waals surface area contributed by atoms with E-state index in [0.717, 1.165) is 11.6 Å². The van der Waals surface area contributed by atoms with E-state index in [1.54, 1.807) is 38.4 Å². The minimum atomic E-state index is -4.68. The van der Waals surface area contributed by atoms with E-state index in [1.807, 2.05) is 0 Å². The fourth-order valence-electron chi connectivity index (χ4n) is 4.65. The third-order valence-corrected chi connectivity index (χ3v) is 6.39. The van der Waals surface area contributed by atoms with Crippen molar-refractivity contribution in [1.82, 2.24) is 25.4 Å². The molecular formula is C25H26F3N5O3. The Bertz CT molecular complexity index is 1210. The van der Waals surface area contributed by atoms with Crippen LogP contribution >= 0.6 is 0 Å². The number of nitrogens with zero attached hydrogens (tertiary/aromatic N) is 3. The molecule has 4 rings (SSSR count). The van der Waals surface area contributed by atoms with Crippen LogP contribution in [0, 0.1) is 5.92 Å². The molecule has 2 aliphatic rings. The zero-order valence-corrected chi connectivity index (χ0v) is 20.0. The molecule has 0 aliphatic carbocycles. The maximum atomic E-state index is 13.8. The van der Waals surface area contributed by atoms with E-state index in [2.05, 4.69) is 15.6 Å². The van der Waals surface area contributed by atoms with E-state index in [1.165, 1.54) is 35.0 Å². The van der Waals surface area contributed by atoms with Crippen LogP contribution in [0.15, 0.2) is 60.1 Å². The zero-order valence-electron chi connectivity index (χ0n) is 20.0. The number of benzene rings is 1. The van der Waals surface area contributed by atoms with Gasteiger partial charge in [0.15, 0.2) is 0 Å². The Morgan fingerprint density at radius 2 is 1.92 bits per heavy atom. The van der Waals surface area contributed by atoms with E-state index in [0.29, 0.717) is 0 Å². The van der Waals surface area contributed by atoms with Gasteiger partial charge in [-0.25, -0.2) is 4.79 Å². The van der Waals surface area contributed by atoms with E-state index in [4.69, 9.17) is 0 Å². The van der Waals surface area contributed by atoms with Crippen LogP contribution < -0.4 is 10.6 Å². The molecule has 2 aromatic rings. The summed E-state index contributed by atoms with van der Waals surface area (Å²) in [6.45, 7) is 3.68. The van der Waals surface area contributed by atoms with Gasteiger partial charge in [-0.05, 0) is 29.2 Å². The van der Waals surface area contributed by atoms with Gasteiger partial charge in [-0.15, -0.1) is 0 Å². The van der Waals surface area contributed by atoms with Crippen molar-refractivity contribution in [2.24, 2.45) is 5.92 Å². The SMILES string of the molecule is CC(C)C(C(=O)NCc1cccnc1)N1CC2=C(C1=O)C(c1ccccc1C(F)(F)F)NC(=O)N2C. The number of likely N-dealkylation sites (N-methyl/N-ethyl adjacent to an activating group) is 1. The molecule has 1 aromatic carbocycles. The van der Waals surface area contributed by atoms with Crippen LogP contribution in [0.4, 0.5) is 18.0 Å². The number of urea groups is 1. The van der Waals surface area contributed by atoms with Gasteiger partial charge in [0.25, 0.3) is 5.91 Å². The first kappa shape index (κ1) is 25.2. The second-order valence-corrected chi connectivity index (χ2v) is 9.09. The van der Waals surface area contributed by atoms with Gasteiger partial charge in [0.2, 0.25) is 5.91 Å². The minimum absolute atomic E-state index is 0.0273. The lowest BCUT2D eigenvalue weighted by atomic mass is 9.91. The molecule has 0 spiro atoms. The molecule has 4 amide bonds. The van der Waals surface area contributed by atoms with Crippen LogP contribution in [0.5, 0.6) is 0 Å². The Morgan fingerprint density at radius 3 is 2.56 bits per heavy atom. The zero-order chi connectivity index (χ0) is 26.2. The van der Waals surface area contributed by atoms with E-state index in [-0.39, 0.29) is 35.8 Å². The lowest BCUT2D eigenvalue weighted by Gasteiger charge is -2.32. The Balaban J connectivity index is 1.66. The highest BCUT2D eigenvalue weighted by molar-refractivity contribution is 6.03. The third kappa shape index (κ3) is 4.65. The van der Waals surface area contributed by atoms with Gasteiger partial charge < -0.3 is 15.5 Å². The number of amides is 4. The number of nitrogens with one attached hydrogen (secondary N) is 2. The summed E-state index contributed by atoms with van der Waals surface area (Å²) in [5.74, 6) is -1.30. The molecule has 2 unspecified atom stereocenters. The largest absolute Gasteiger partial charge is 0.416 e. The fourth-order valence-corrected chi connectivity index (χ4v) is 4.65. The van der Waals surface area contributed by atoms with Crippen LogP contribution in [0.1, 0.15) is 36.6 Å². The lowest BCUT2D eigenvalue weighted by Crippen LogP contribution is -2.51. The van der Waals surface area contributed by atoms with E-state index in [9.17, 15) is 27.6 Å². The third-order valence-electron chi connectivity index (χ3n) is 6.39. The average molecular weight is 502 g/mol. The van der Waals surface area contributed by atoms with Gasteiger partial charge in [-0.1, -0.05) is 38.1 Å². The first-order chi connectivity index (χ1) is 17.0. The summed E-state index contributed by atoms with van der Waals surface area (Å²) < 4.78 is 41.3. The number of halogens is 3. The second-order valence-electron chi connectivity index (χ2n) is 9.09. The Hall–Kier alpha value is -3.89. The maximum Gasteiger partial charge on any atom is 0.416 e. The molecule has 2 atom stereocenters. The fraction of sp³-hybridized carbons (Fsp3) is 0.360. The number of aromatic nitrogens is 1. The molecule has 1 aromatic heterocycles. The number of hydrogen-bond acceptors (Lipinski definition) is 4. The van der Waals surface area contributed by atoms with Crippen molar-refractivity contribution < 1.29 is 27.6 Å². The second kappa shape index (κ2) is 9.63. The highest BCUT2D eigenvalue weighted by Gasteiger charge is 2.48. The normalized spacial score (nSPS) is 18.9. The Labute approximate surface area is 206 Å². The smallest absolute Gasteiger partial charge is 0.350 e. The molecule has 190 valence electrons. The number of pyridine rings is 1. The number of hydrogen-bond donors (Lipinski definition) is 2. The van der Waals surface area contributed by atoms with Crippen LogP contribution in [-0.2, 0) is 22.3 Å². The summed E-state index contributed by atoms with van der Waals surface area (Å²) in [6, 6.07) is 5.55. The molecular weight excluding hydrogens is 475 g/mol. The highest BCUT2D eigenvalue weighted by Crippen LogP contribution is 2.42. The monoisotopic (exact) mass is 501 g/mol. The molecule has 3 heterocycles. The van der Waals surface area contributed by atoms with Crippen molar-refractivity contribution in [1.29, 1.82) is 0 Å². The van der Waals surface area contributed by atoms with Crippen LogP contribution in [0.3, 0.4) is 0 Å². The Kier molecular flexibility index (Phi) is 6.75. The number of carbonyl (C=O) groups is 3. The summed E-state index contributed by atoms with van der Waals surface area (Å²) in [7, 11) is 1.44.